The second-order valence-electron chi connectivity index (χ2n) is 5.79. The monoisotopic (exact) mass is 288 g/mol. The summed E-state index contributed by atoms with van der Waals surface area (Å²) in [6, 6.07) is 9.57. The van der Waals surface area contributed by atoms with Crippen LogP contribution in [0.25, 0.3) is 0 Å². The highest BCUT2D eigenvalue weighted by Crippen LogP contribution is 2.38. The van der Waals surface area contributed by atoms with Crippen molar-refractivity contribution in [1.29, 1.82) is 0 Å². The van der Waals surface area contributed by atoms with Crippen molar-refractivity contribution >= 4 is 12.1 Å². The van der Waals surface area contributed by atoms with Crippen LogP contribution in [0.15, 0.2) is 30.3 Å². The van der Waals surface area contributed by atoms with Crippen LogP contribution in [0.2, 0.25) is 0 Å². The lowest BCUT2D eigenvalue weighted by molar-refractivity contribution is 0.0248. The van der Waals surface area contributed by atoms with E-state index in [0.717, 1.165) is 5.56 Å². The molecule has 2 fully saturated rings. The van der Waals surface area contributed by atoms with Crippen LogP contribution < -0.4 is 10.6 Å². The van der Waals surface area contributed by atoms with E-state index >= 15 is 0 Å². The van der Waals surface area contributed by atoms with E-state index in [-0.39, 0.29) is 36.2 Å². The summed E-state index contributed by atoms with van der Waals surface area (Å²) in [7, 11) is 3.51. The topological polar surface area (TPSA) is 64.7 Å². The number of hydrogen-bond donors (Lipinski definition) is 2. The molecule has 0 aliphatic carbocycles. The molecule has 3 rings (SSSR count). The summed E-state index contributed by atoms with van der Waals surface area (Å²) >= 11 is 0. The predicted octanol–water partition coefficient (Wildman–Crippen LogP) is 1.37. The Kier molecular flexibility index (Phi) is 3.23. The van der Waals surface area contributed by atoms with Gasteiger partial charge < -0.3 is 20.4 Å². The van der Waals surface area contributed by atoms with E-state index in [1.807, 2.05) is 37.3 Å². The van der Waals surface area contributed by atoms with Crippen molar-refractivity contribution in [3.8, 4) is 0 Å². The summed E-state index contributed by atoms with van der Waals surface area (Å²) < 4.78 is 0. The average molecular weight is 288 g/mol. The molecule has 4 amide bonds. The number of urea groups is 2. The summed E-state index contributed by atoms with van der Waals surface area (Å²) in [5.41, 5.74) is 1.08. The fourth-order valence-electron chi connectivity index (χ4n) is 3.40. The van der Waals surface area contributed by atoms with Crippen LogP contribution in [0.3, 0.4) is 0 Å². The van der Waals surface area contributed by atoms with Crippen molar-refractivity contribution in [2.75, 3.05) is 14.1 Å². The predicted molar refractivity (Wildman–Crippen MR) is 78.5 cm³/mol. The summed E-state index contributed by atoms with van der Waals surface area (Å²) in [5, 5.41) is 5.90. The van der Waals surface area contributed by atoms with Gasteiger partial charge in [0.25, 0.3) is 0 Å². The number of hydrogen-bond acceptors (Lipinski definition) is 2. The Morgan fingerprint density at radius 3 is 2.24 bits per heavy atom. The van der Waals surface area contributed by atoms with Crippen LogP contribution in [0.5, 0.6) is 0 Å². The number of rotatable bonds is 1. The smallest absolute Gasteiger partial charge is 0.319 e. The Morgan fingerprint density at radius 1 is 0.952 bits per heavy atom. The standard InChI is InChI=1S/C15H20N4O2/c1-9-11-12(10-7-5-4-6-8-10)18(2)15(21)17-13(11)19(3)14(20)16-9/h4-9,11-13H,1-3H3,(H,16,20)(H,17,21)/t9-,11+,12+,13+/m1/s1. The Balaban J connectivity index is 2.03. The molecule has 4 atom stereocenters. The van der Waals surface area contributed by atoms with E-state index < -0.39 is 0 Å². The van der Waals surface area contributed by atoms with Gasteiger partial charge in [-0.25, -0.2) is 9.59 Å². The lowest BCUT2D eigenvalue weighted by atomic mass is 9.81. The van der Waals surface area contributed by atoms with Crippen molar-refractivity contribution in [2.45, 2.75) is 25.2 Å². The normalized spacial score (nSPS) is 32.3. The highest BCUT2D eigenvalue weighted by molar-refractivity contribution is 5.80. The van der Waals surface area contributed by atoms with Crippen molar-refractivity contribution in [3.63, 3.8) is 0 Å². The second kappa shape index (κ2) is 4.95. The van der Waals surface area contributed by atoms with Gasteiger partial charge in [-0.3, -0.25) is 0 Å². The number of amides is 4. The molecule has 1 aromatic rings. The molecule has 2 N–H and O–H groups in total. The number of fused-ring (bicyclic) bond motifs is 1. The zero-order chi connectivity index (χ0) is 15.1. The Morgan fingerprint density at radius 2 is 1.57 bits per heavy atom. The molecule has 2 heterocycles. The van der Waals surface area contributed by atoms with Crippen molar-refractivity contribution in [3.05, 3.63) is 35.9 Å². The summed E-state index contributed by atoms with van der Waals surface area (Å²) in [6.07, 6.45) is -0.289. The Bertz CT molecular complexity index is 562. The molecule has 0 spiro atoms. The molecule has 0 saturated carbocycles. The molecule has 0 unspecified atom stereocenters. The molecule has 112 valence electrons. The summed E-state index contributed by atoms with van der Waals surface area (Å²) in [4.78, 5) is 27.5. The molecule has 6 nitrogen and oxygen atoms in total. The van der Waals surface area contributed by atoms with Crippen LogP contribution in [0, 0.1) is 5.92 Å². The second-order valence-corrected chi connectivity index (χ2v) is 5.79. The lowest BCUT2D eigenvalue weighted by Gasteiger charge is -2.52. The van der Waals surface area contributed by atoms with Crippen LogP contribution in [0.4, 0.5) is 9.59 Å². The maximum Gasteiger partial charge on any atom is 0.319 e. The molecule has 2 aliphatic rings. The molecule has 6 heteroatoms. The molecule has 1 aromatic carbocycles. The third-order valence-corrected chi connectivity index (χ3v) is 4.55. The number of carbonyl (C=O) groups is 2. The van der Waals surface area contributed by atoms with E-state index in [4.69, 9.17) is 0 Å². The van der Waals surface area contributed by atoms with Gasteiger partial charge >= 0.3 is 12.1 Å². The molecule has 2 aliphatic heterocycles. The van der Waals surface area contributed by atoms with Gasteiger partial charge in [0.1, 0.15) is 6.17 Å². The van der Waals surface area contributed by atoms with Crippen LogP contribution >= 0.6 is 0 Å². The fourth-order valence-corrected chi connectivity index (χ4v) is 3.40. The number of nitrogens with one attached hydrogen (secondary N) is 2. The molecular weight excluding hydrogens is 268 g/mol. The third kappa shape index (κ3) is 2.11. The molecule has 0 aromatic heterocycles. The summed E-state index contributed by atoms with van der Waals surface area (Å²) in [6.45, 7) is 1.99. The highest BCUT2D eigenvalue weighted by Gasteiger charge is 2.49. The van der Waals surface area contributed by atoms with E-state index in [1.54, 1.807) is 23.9 Å². The molecule has 21 heavy (non-hydrogen) atoms. The van der Waals surface area contributed by atoms with Crippen molar-refractivity contribution in [1.82, 2.24) is 20.4 Å². The van der Waals surface area contributed by atoms with Crippen molar-refractivity contribution < 1.29 is 9.59 Å². The first-order valence-electron chi connectivity index (χ1n) is 7.12. The first-order valence-corrected chi connectivity index (χ1v) is 7.12. The maximum absolute atomic E-state index is 12.2. The summed E-state index contributed by atoms with van der Waals surface area (Å²) in [5.74, 6) is 0.0813. The molecule has 0 radical (unpaired) electrons. The number of benzene rings is 1. The number of carbonyl (C=O) groups excluding carboxylic acids is 2. The minimum atomic E-state index is -0.289. The third-order valence-electron chi connectivity index (χ3n) is 4.55. The van der Waals surface area contributed by atoms with Gasteiger partial charge in [0.15, 0.2) is 0 Å². The van der Waals surface area contributed by atoms with Gasteiger partial charge in [0.2, 0.25) is 0 Å². The zero-order valence-corrected chi connectivity index (χ0v) is 12.4. The van der Waals surface area contributed by atoms with Gasteiger partial charge in [-0.1, -0.05) is 30.3 Å². The van der Waals surface area contributed by atoms with E-state index in [2.05, 4.69) is 10.6 Å². The quantitative estimate of drug-likeness (QED) is 0.819. The molecular formula is C15H20N4O2. The largest absolute Gasteiger partial charge is 0.335 e. The van der Waals surface area contributed by atoms with Crippen molar-refractivity contribution in [2.24, 2.45) is 5.92 Å². The Hall–Kier alpha value is -2.24. The molecule has 0 bridgehead atoms. The van der Waals surface area contributed by atoms with Gasteiger partial charge in [-0.2, -0.15) is 0 Å². The number of nitrogens with zero attached hydrogens (tertiary/aromatic N) is 2. The maximum atomic E-state index is 12.2. The first kappa shape index (κ1) is 13.7. The highest BCUT2D eigenvalue weighted by atomic mass is 16.2. The van der Waals surface area contributed by atoms with E-state index in [1.165, 1.54) is 0 Å². The SMILES string of the molecule is C[C@H]1NC(=O)N(C)[C@@H]2NC(=O)N(C)[C@@H](c3ccccc3)[C@@H]21. The first-order chi connectivity index (χ1) is 10.0. The fraction of sp³-hybridized carbons (Fsp3) is 0.467. The van der Waals surface area contributed by atoms with E-state index in [9.17, 15) is 9.59 Å². The minimum Gasteiger partial charge on any atom is -0.335 e. The van der Waals surface area contributed by atoms with Crippen LogP contribution in [0.1, 0.15) is 18.5 Å². The van der Waals surface area contributed by atoms with Crippen LogP contribution in [-0.2, 0) is 0 Å². The van der Waals surface area contributed by atoms with E-state index in [0.29, 0.717) is 0 Å². The van der Waals surface area contributed by atoms with Crippen LogP contribution in [-0.4, -0.2) is 48.2 Å². The van der Waals surface area contributed by atoms with Gasteiger partial charge in [-0.05, 0) is 12.5 Å². The van der Waals surface area contributed by atoms with Gasteiger partial charge in [0, 0.05) is 26.1 Å². The van der Waals surface area contributed by atoms with Gasteiger partial charge in [0.05, 0.1) is 6.04 Å². The zero-order valence-electron chi connectivity index (χ0n) is 12.4. The average Bonchev–Trinajstić information content (AvgIpc) is 2.48. The Labute approximate surface area is 124 Å². The lowest BCUT2D eigenvalue weighted by Crippen LogP contribution is -2.71. The minimum absolute atomic E-state index is 0.0213. The molecule has 2 saturated heterocycles. The van der Waals surface area contributed by atoms with Gasteiger partial charge in [-0.15, -0.1) is 0 Å².